The summed E-state index contributed by atoms with van der Waals surface area (Å²) in [5, 5.41) is 13.3. The number of rotatable bonds is 7. The minimum Gasteiger partial charge on any atom is -0.386 e. The summed E-state index contributed by atoms with van der Waals surface area (Å²) in [6.07, 6.45) is 1.51. The Morgan fingerprint density at radius 1 is 0.912 bits per heavy atom. The van der Waals surface area contributed by atoms with E-state index >= 15 is 0 Å². The van der Waals surface area contributed by atoms with Crippen molar-refractivity contribution in [1.29, 1.82) is 5.26 Å². The van der Waals surface area contributed by atoms with Gasteiger partial charge in [-0.1, -0.05) is 84.4 Å². The van der Waals surface area contributed by atoms with Gasteiger partial charge in [0.05, 0.1) is 6.04 Å². The highest BCUT2D eigenvalue weighted by molar-refractivity contribution is 6.30. The summed E-state index contributed by atoms with van der Waals surface area (Å²) in [5.74, 6) is -0.235. The van der Waals surface area contributed by atoms with E-state index in [2.05, 4.69) is 64.8 Å². The number of nitrogens with zero attached hydrogens (tertiary/aromatic N) is 3. The van der Waals surface area contributed by atoms with Crippen LogP contribution in [0.25, 0.3) is 0 Å². The number of carbonyl (C=O) groups is 1. The van der Waals surface area contributed by atoms with Crippen molar-refractivity contribution >= 4 is 17.5 Å². The molecule has 3 aromatic rings. The second-order valence-corrected chi connectivity index (χ2v) is 8.67. The molecule has 0 spiro atoms. The minimum absolute atomic E-state index is 0.116. The number of piperazine rings is 1. The third-order valence-electron chi connectivity index (χ3n) is 6.01. The number of amides is 1. The van der Waals surface area contributed by atoms with Gasteiger partial charge in [-0.05, 0) is 28.8 Å². The highest BCUT2D eigenvalue weighted by Crippen LogP contribution is 2.29. The van der Waals surface area contributed by atoms with Crippen molar-refractivity contribution in [1.82, 2.24) is 15.1 Å². The number of hydrogen-bond acceptors (Lipinski definition) is 4. The Labute approximate surface area is 205 Å². The third-order valence-corrected chi connectivity index (χ3v) is 6.27. The quantitative estimate of drug-likeness (QED) is 0.399. The zero-order valence-electron chi connectivity index (χ0n) is 18.9. The Morgan fingerprint density at radius 2 is 1.47 bits per heavy atom. The zero-order chi connectivity index (χ0) is 23.8. The molecule has 1 N–H and O–H groups in total. The molecule has 3 aromatic carbocycles. The van der Waals surface area contributed by atoms with E-state index in [-0.39, 0.29) is 17.5 Å². The van der Waals surface area contributed by atoms with E-state index in [1.165, 1.54) is 17.3 Å². The second-order valence-electron chi connectivity index (χ2n) is 8.23. The summed E-state index contributed by atoms with van der Waals surface area (Å²) in [6, 6.07) is 30.5. The first-order valence-corrected chi connectivity index (χ1v) is 11.7. The first-order valence-electron chi connectivity index (χ1n) is 11.4. The van der Waals surface area contributed by atoms with Gasteiger partial charge in [-0.3, -0.25) is 9.69 Å². The fourth-order valence-electron chi connectivity index (χ4n) is 4.25. The molecule has 0 saturated carbocycles. The molecule has 1 aliphatic rings. The first kappa shape index (κ1) is 23.6. The lowest BCUT2D eigenvalue weighted by molar-refractivity contribution is -0.128. The van der Waals surface area contributed by atoms with Gasteiger partial charge in [0.2, 0.25) is 0 Å². The molecule has 1 amide bonds. The van der Waals surface area contributed by atoms with Crippen LogP contribution < -0.4 is 5.32 Å². The fraction of sp³-hybridized carbons (Fsp3) is 0.214. The van der Waals surface area contributed by atoms with E-state index < -0.39 is 0 Å². The lowest BCUT2D eigenvalue weighted by Crippen LogP contribution is -2.50. The largest absolute Gasteiger partial charge is 0.386 e. The predicted molar refractivity (Wildman–Crippen MR) is 135 cm³/mol. The van der Waals surface area contributed by atoms with Gasteiger partial charge in [0.1, 0.15) is 11.6 Å². The van der Waals surface area contributed by atoms with Crippen molar-refractivity contribution in [3.8, 4) is 6.07 Å². The molecule has 34 heavy (non-hydrogen) atoms. The van der Waals surface area contributed by atoms with E-state index in [0.29, 0.717) is 24.7 Å². The van der Waals surface area contributed by atoms with Crippen molar-refractivity contribution in [2.24, 2.45) is 0 Å². The van der Waals surface area contributed by atoms with Crippen LogP contribution in [-0.2, 0) is 11.3 Å². The zero-order valence-corrected chi connectivity index (χ0v) is 19.7. The van der Waals surface area contributed by atoms with Crippen LogP contribution >= 0.6 is 11.6 Å². The maximum absolute atomic E-state index is 13.0. The van der Waals surface area contributed by atoms with Crippen LogP contribution in [0.1, 0.15) is 22.7 Å². The summed E-state index contributed by atoms with van der Waals surface area (Å²) < 4.78 is 0. The van der Waals surface area contributed by atoms with E-state index in [4.69, 9.17) is 11.6 Å². The Bertz CT molecular complexity index is 1110. The van der Waals surface area contributed by atoms with Crippen molar-refractivity contribution in [3.63, 3.8) is 0 Å². The van der Waals surface area contributed by atoms with Gasteiger partial charge in [-0.25, -0.2) is 0 Å². The molecule has 172 valence electrons. The molecule has 5 nitrogen and oxygen atoms in total. The molecule has 0 radical (unpaired) electrons. The molecule has 0 aliphatic carbocycles. The Balaban J connectivity index is 1.39. The van der Waals surface area contributed by atoms with Crippen molar-refractivity contribution in [2.45, 2.75) is 12.6 Å². The van der Waals surface area contributed by atoms with E-state index in [1.807, 2.05) is 36.4 Å². The topological polar surface area (TPSA) is 59.4 Å². The lowest BCUT2D eigenvalue weighted by atomic mass is 9.96. The number of benzene rings is 3. The molecule has 1 fully saturated rings. The molecule has 1 saturated heterocycles. The Hall–Kier alpha value is -3.59. The van der Waals surface area contributed by atoms with Crippen LogP contribution in [-0.4, -0.2) is 41.9 Å². The SMILES string of the molecule is N#C/C(=C/NCc1ccc(Cl)cc1)C(=O)N1CCN(C(c2ccccc2)c2ccccc2)CC1. The summed E-state index contributed by atoms with van der Waals surface area (Å²) in [4.78, 5) is 17.2. The van der Waals surface area contributed by atoms with Gasteiger partial charge in [0.25, 0.3) is 5.91 Å². The van der Waals surface area contributed by atoms with E-state index in [1.54, 1.807) is 4.90 Å². The van der Waals surface area contributed by atoms with Crippen molar-refractivity contribution in [2.75, 3.05) is 26.2 Å². The van der Waals surface area contributed by atoms with Crippen molar-refractivity contribution < 1.29 is 4.79 Å². The van der Waals surface area contributed by atoms with Gasteiger partial charge in [0, 0.05) is 43.9 Å². The maximum atomic E-state index is 13.0. The number of halogens is 1. The van der Waals surface area contributed by atoms with Gasteiger partial charge >= 0.3 is 0 Å². The molecular weight excluding hydrogens is 444 g/mol. The lowest BCUT2D eigenvalue weighted by Gasteiger charge is -2.39. The van der Waals surface area contributed by atoms with Crippen LogP contribution in [0.5, 0.6) is 0 Å². The van der Waals surface area contributed by atoms with E-state index in [9.17, 15) is 10.1 Å². The highest BCUT2D eigenvalue weighted by atomic mass is 35.5. The van der Waals surface area contributed by atoms with E-state index in [0.717, 1.165) is 18.7 Å². The molecule has 0 bridgehead atoms. The standard InChI is InChI=1S/C28H27ClN4O/c29-26-13-11-22(12-14-26)20-31-21-25(19-30)28(34)33-17-15-32(16-18-33)27(23-7-3-1-4-8-23)24-9-5-2-6-10-24/h1-14,21,27,31H,15-18,20H2/b25-21-. The number of nitrogens with one attached hydrogen (secondary N) is 1. The summed E-state index contributed by atoms with van der Waals surface area (Å²) >= 11 is 5.92. The number of carbonyl (C=O) groups excluding carboxylic acids is 1. The molecule has 0 unspecified atom stereocenters. The van der Waals surface area contributed by atoms with Crippen molar-refractivity contribution in [3.05, 3.63) is 118 Å². The van der Waals surface area contributed by atoms with Crippen LogP contribution in [0.2, 0.25) is 5.02 Å². The molecule has 0 aromatic heterocycles. The molecule has 0 atom stereocenters. The van der Waals surface area contributed by atoms with Gasteiger partial charge in [-0.2, -0.15) is 5.26 Å². The molecule has 6 heteroatoms. The average Bonchev–Trinajstić information content (AvgIpc) is 2.89. The average molecular weight is 471 g/mol. The molecule has 1 aliphatic heterocycles. The van der Waals surface area contributed by atoms with Crippen LogP contribution in [0.4, 0.5) is 0 Å². The summed E-state index contributed by atoms with van der Waals surface area (Å²) in [5.41, 5.74) is 3.60. The van der Waals surface area contributed by atoms with Crippen LogP contribution in [0.3, 0.4) is 0 Å². The monoisotopic (exact) mass is 470 g/mol. The molecule has 4 rings (SSSR count). The Morgan fingerprint density at radius 3 is 2.00 bits per heavy atom. The number of hydrogen-bond donors (Lipinski definition) is 1. The van der Waals surface area contributed by atoms with Gasteiger partial charge in [-0.15, -0.1) is 0 Å². The normalized spacial score (nSPS) is 14.6. The highest BCUT2D eigenvalue weighted by Gasteiger charge is 2.29. The third kappa shape index (κ3) is 5.85. The number of nitriles is 1. The smallest absolute Gasteiger partial charge is 0.266 e. The van der Waals surface area contributed by atoms with Gasteiger partial charge < -0.3 is 10.2 Å². The molecule has 1 heterocycles. The van der Waals surface area contributed by atoms with Crippen LogP contribution in [0, 0.1) is 11.3 Å². The van der Waals surface area contributed by atoms with Crippen LogP contribution in [0.15, 0.2) is 96.7 Å². The Kier molecular flexibility index (Phi) is 7.98. The summed E-state index contributed by atoms with van der Waals surface area (Å²) in [7, 11) is 0. The molecular formula is C28H27ClN4O. The second kappa shape index (κ2) is 11.5. The minimum atomic E-state index is -0.235. The maximum Gasteiger partial charge on any atom is 0.266 e. The summed E-state index contributed by atoms with van der Waals surface area (Å²) in [6.45, 7) is 3.13. The predicted octanol–water partition coefficient (Wildman–Crippen LogP) is 4.77. The fourth-order valence-corrected chi connectivity index (χ4v) is 4.38. The van der Waals surface area contributed by atoms with Gasteiger partial charge in [0.15, 0.2) is 0 Å². The first-order chi connectivity index (χ1) is 16.7.